The highest BCUT2D eigenvalue weighted by Crippen LogP contribution is 2.23. The second kappa shape index (κ2) is 7.02. The average molecular weight is 288 g/mol. The molecule has 1 amide bonds. The van der Waals surface area contributed by atoms with E-state index in [9.17, 15) is 14.9 Å². The van der Waals surface area contributed by atoms with Crippen molar-refractivity contribution in [3.05, 3.63) is 46.0 Å². The van der Waals surface area contributed by atoms with Gasteiger partial charge in [-0.05, 0) is 43.7 Å². The van der Waals surface area contributed by atoms with E-state index in [1.54, 1.807) is 18.2 Å². The fourth-order valence-electron chi connectivity index (χ4n) is 2.61. The molecular weight excluding hydrogens is 268 g/mol. The van der Waals surface area contributed by atoms with Gasteiger partial charge in [0.1, 0.15) is 0 Å². The third kappa shape index (κ3) is 4.41. The first-order valence-corrected chi connectivity index (χ1v) is 7.28. The van der Waals surface area contributed by atoms with Crippen LogP contribution in [0.15, 0.2) is 30.3 Å². The number of nitro benzene ring substituents is 1. The quantitative estimate of drug-likeness (QED) is 0.525. The van der Waals surface area contributed by atoms with Gasteiger partial charge in [0.05, 0.1) is 10.5 Å². The van der Waals surface area contributed by atoms with E-state index in [4.69, 9.17) is 0 Å². The third-order valence-electron chi connectivity index (χ3n) is 3.91. The standard InChI is InChI=1S/C16H20N2O3/c1-12-6-9-14(10-7-12)17-16(19)11-8-13-4-2-3-5-15(13)18(20)21/h2-5,8,11-12,14H,6-7,9-10H2,1H3,(H,17,19)/b11-8+. The molecule has 1 saturated carbocycles. The van der Waals surface area contributed by atoms with Crippen molar-refractivity contribution >= 4 is 17.7 Å². The zero-order valence-electron chi connectivity index (χ0n) is 12.1. The highest BCUT2D eigenvalue weighted by Gasteiger charge is 2.19. The van der Waals surface area contributed by atoms with E-state index in [0.29, 0.717) is 5.56 Å². The van der Waals surface area contributed by atoms with Gasteiger partial charge in [-0.25, -0.2) is 0 Å². The predicted molar refractivity (Wildman–Crippen MR) is 81.7 cm³/mol. The molecule has 1 aromatic rings. The van der Waals surface area contributed by atoms with Crippen LogP contribution in [0.4, 0.5) is 5.69 Å². The van der Waals surface area contributed by atoms with Crippen molar-refractivity contribution in [1.82, 2.24) is 5.32 Å². The molecule has 0 saturated heterocycles. The maximum atomic E-state index is 11.9. The highest BCUT2D eigenvalue weighted by atomic mass is 16.6. The first kappa shape index (κ1) is 15.2. The van der Waals surface area contributed by atoms with Crippen LogP contribution < -0.4 is 5.32 Å². The minimum absolute atomic E-state index is 0.00745. The lowest BCUT2D eigenvalue weighted by Gasteiger charge is -2.26. The third-order valence-corrected chi connectivity index (χ3v) is 3.91. The van der Waals surface area contributed by atoms with Gasteiger partial charge in [0.15, 0.2) is 0 Å². The molecule has 0 aromatic heterocycles. The van der Waals surface area contributed by atoms with E-state index < -0.39 is 4.92 Å². The molecule has 1 fully saturated rings. The summed E-state index contributed by atoms with van der Waals surface area (Å²) in [5.41, 5.74) is 0.447. The Morgan fingerprint density at radius 1 is 1.29 bits per heavy atom. The number of nitrogens with zero attached hydrogens (tertiary/aromatic N) is 1. The lowest BCUT2D eigenvalue weighted by Crippen LogP contribution is -2.36. The van der Waals surface area contributed by atoms with Crippen LogP contribution in [0, 0.1) is 16.0 Å². The second-order valence-electron chi connectivity index (χ2n) is 5.61. The summed E-state index contributed by atoms with van der Waals surface area (Å²) in [6.45, 7) is 2.23. The average Bonchev–Trinajstić information content (AvgIpc) is 2.48. The molecule has 5 heteroatoms. The maximum absolute atomic E-state index is 11.9. The summed E-state index contributed by atoms with van der Waals surface area (Å²) in [6, 6.07) is 6.61. The molecule has 1 N–H and O–H groups in total. The van der Waals surface area contributed by atoms with Crippen molar-refractivity contribution in [3.8, 4) is 0 Å². The lowest BCUT2D eigenvalue weighted by atomic mass is 9.87. The summed E-state index contributed by atoms with van der Waals surface area (Å²) in [4.78, 5) is 22.3. The van der Waals surface area contributed by atoms with Gasteiger partial charge >= 0.3 is 0 Å². The number of carbonyl (C=O) groups is 1. The smallest absolute Gasteiger partial charge is 0.276 e. The largest absolute Gasteiger partial charge is 0.350 e. The van der Waals surface area contributed by atoms with Gasteiger partial charge in [0, 0.05) is 18.2 Å². The van der Waals surface area contributed by atoms with E-state index in [-0.39, 0.29) is 17.6 Å². The van der Waals surface area contributed by atoms with Gasteiger partial charge < -0.3 is 5.32 Å². The monoisotopic (exact) mass is 288 g/mol. The number of amides is 1. The van der Waals surface area contributed by atoms with Crippen molar-refractivity contribution in [2.45, 2.75) is 38.6 Å². The van der Waals surface area contributed by atoms with Crippen LogP contribution in [-0.2, 0) is 4.79 Å². The van der Waals surface area contributed by atoms with Crippen LogP contribution in [0.5, 0.6) is 0 Å². The Labute approximate surface area is 124 Å². The Balaban J connectivity index is 1.95. The SMILES string of the molecule is CC1CCC(NC(=O)/C=C/c2ccccc2[N+](=O)[O-])CC1. The Morgan fingerprint density at radius 2 is 1.95 bits per heavy atom. The van der Waals surface area contributed by atoms with Crippen molar-refractivity contribution in [2.24, 2.45) is 5.92 Å². The number of rotatable bonds is 4. The summed E-state index contributed by atoms with van der Waals surface area (Å²) in [5.74, 6) is 0.549. The fourth-order valence-corrected chi connectivity index (χ4v) is 2.61. The van der Waals surface area contributed by atoms with Crippen molar-refractivity contribution < 1.29 is 9.72 Å². The van der Waals surface area contributed by atoms with Gasteiger partial charge in [-0.2, -0.15) is 0 Å². The van der Waals surface area contributed by atoms with Gasteiger partial charge in [-0.1, -0.05) is 19.1 Å². The second-order valence-corrected chi connectivity index (χ2v) is 5.61. The minimum atomic E-state index is -0.444. The number of carbonyl (C=O) groups excluding carboxylic acids is 1. The van der Waals surface area contributed by atoms with Gasteiger partial charge in [0.2, 0.25) is 5.91 Å². The molecular formula is C16H20N2O3. The van der Waals surface area contributed by atoms with Crippen LogP contribution >= 0.6 is 0 Å². The van der Waals surface area contributed by atoms with E-state index in [2.05, 4.69) is 12.2 Å². The number of hydrogen-bond acceptors (Lipinski definition) is 3. The Kier molecular flexibility index (Phi) is 5.09. The van der Waals surface area contributed by atoms with Crippen molar-refractivity contribution in [1.29, 1.82) is 0 Å². The highest BCUT2D eigenvalue weighted by molar-refractivity contribution is 5.92. The Morgan fingerprint density at radius 3 is 2.62 bits per heavy atom. The molecule has 2 rings (SSSR count). The van der Waals surface area contributed by atoms with Gasteiger partial charge in [-0.15, -0.1) is 0 Å². The lowest BCUT2D eigenvalue weighted by molar-refractivity contribution is -0.385. The first-order valence-electron chi connectivity index (χ1n) is 7.28. The predicted octanol–water partition coefficient (Wildman–Crippen LogP) is 3.30. The molecule has 1 aliphatic carbocycles. The molecule has 1 aromatic carbocycles. The summed E-state index contributed by atoms with van der Waals surface area (Å²) < 4.78 is 0. The zero-order valence-corrected chi connectivity index (χ0v) is 12.1. The summed E-state index contributed by atoms with van der Waals surface area (Å²) in [6.07, 6.45) is 7.16. The van der Waals surface area contributed by atoms with E-state index >= 15 is 0 Å². The summed E-state index contributed by atoms with van der Waals surface area (Å²) in [5, 5.41) is 13.8. The van der Waals surface area contributed by atoms with Crippen LogP contribution in [0.2, 0.25) is 0 Å². The van der Waals surface area contributed by atoms with E-state index in [1.165, 1.54) is 18.2 Å². The molecule has 0 bridgehead atoms. The van der Waals surface area contributed by atoms with Crippen molar-refractivity contribution in [3.63, 3.8) is 0 Å². The van der Waals surface area contributed by atoms with E-state index in [1.807, 2.05) is 0 Å². The molecule has 5 nitrogen and oxygen atoms in total. The Hall–Kier alpha value is -2.17. The topological polar surface area (TPSA) is 72.2 Å². The molecule has 0 unspecified atom stereocenters. The number of hydrogen-bond donors (Lipinski definition) is 1. The summed E-state index contributed by atoms with van der Waals surface area (Å²) >= 11 is 0. The van der Waals surface area contributed by atoms with E-state index in [0.717, 1.165) is 31.6 Å². The van der Waals surface area contributed by atoms with Crippen molar-refractivity contribution in [2.75, 3.05) is 0 Å². The van der Waals surface area contributed by atoms with Gasteiger partial charge in [-0.3, -0.25) is 14.9 Å². The molecule has 0 atom stereocenters. The van der Waals surface area contributed by atoms with Crippen LogP contribution in [0.25, 0.3) is 6.08 Å². The number of benzene rings is 1. The Bertz CT molecular complexity index is 546. The fraction of sp³-hybridized carbons (Fsp3) is 0.438. The number of nitro groups is 1. The molecule has 0 aliphatic heterocycles. The number of para-hydroxylation sites is 1. The van der Waals surface area contributed by atoms with Crippen LogP contribution in [0.1, 0.15) is 38.2 Å². The minimum Gasteiger partial charge on any atom is -0.350 e. The maximum Gasteiger partial charge on any atom is 0.276 e. The van der Waals surface area contributed by atoms with Crippen LogP contribution in [-0.4, -0.2) is 16.9 Å². The van der Waals surface area contributed by atoms with Crippen LogP contribution in [0.3, 0.4) is 0 Å². The normalized spacial score (nSPS) is 22.1. The zero-order chi connectivity index (χ0) is 15.2. The molecule has 21 heavy (non-hydrogen) atoms. The molecule has 112 valence electrons. The molecule has 0 heterocycles. The summed E-state index contributed by atoms with van der Waals surface area (Å²) in [7, 11) is 0. The molecule has 0 spiro atoms. The molecule has 0 radical (unpaired) electrons. The number of nitrogens with one attached hydrogen (secondary N) is 1. The first-order chi connectivity index (χ1) is 10.1. The van der Waals surface area contributed by atoms with Gasteiger partial charge in [0.25, 0.3) is 5.69 Å². The molecule has 1 aliphatic rings.